The number of carbonyl (C=O) groups is 1. The summed E-state index contributed by atoms with van der Waals surface area (Å²) < 4.78 is 2.24. The van der Waals surface area contributed by atoms with Gasteiger partial charge in [0.2, 0.25) is 11.5 Å². The van der Waals surface area contributed by atoms with Crippen LogP contribution in [0.25, 0.3) is 22.0 Å². The molecule has 6 nitrogen and oxygen atoms in total. The molecule has 1 N–H and O–H groups in total. The molecule has 0 spiro atoms. The van der Waals surface area contributed by atoms with Gasteiger partial charge in [-0.2, -0.15) is 0 Å². The Morgan fingerprint density at radius 2 is 2.16 bits per heavy atom. The van der Waals surface area contributed by atoms with E-state index in [1.54, 1.807) is 19.2 Å². The standard InChI is InChI=1S/C19H20N4O2/c1-3-17-21-19(16-11-22(12(2)24)7-8-23(16)17)14-6-4-5-13-9-18(25)20-10-15(13)14/h4-6,9-10H,3,7-8,11H2,1-2H3,(H,20,25). The average Bonchev–Trinajstić information content (AvgIpc) is 2.98. The van der Waals surface area contributed by atoms with Crippen LogP contribution in [0, 0.1) is 0 Å². The lowest BCUT2D eigenvalue weighted by Crippen LogP contribution is -2.37. The predicted octanol–water partition coefficient (Wildman–Crippen LogP) is 2.32. The normalized spacial score (nSPS) is 13.9. The topological polar surface area (TPSA) is 71.0 Å². The highest BCUT2D eigenvalue weighted by Gasteiger charge is 2.26. The fourth-order valence-electron chi connectivity index (χ4n) is 3.60. The maximum absolute atomic E-state index is 11.8. The number of hydrogen-bond acceptors (Lipinski definition) is 3. The summed E-state index contributed by atoms with van der Waals surface area (Å²) in [6.45, 7) is 5.75. The van der Waals surface area contributed by atoms with E-state index in [0.717, 1.165) is 46.5 Å². The molecule has 6 heteroatoms. The summed E-state index contributed by atoms with van der Waals surface area (Å²) in [5, 5.41) is 1.85. The highest BCUT2D eigenvalue weighted by Crippen LogP contribution is 2.32. The summed E-state index contributed by atoms with van der Waals surface area (Å²) in [4.78, 5) is 32.9. The first-order valence-corrected chi connectivity index (χ1v) is 8.54. The molecule has 0 atom stereocenters. The zero-order valence-electron chi connectivity index (χ0n) is 14.4. The quantitative estimate of drug-likeness (QED) is 0.781. The number of amides is 1. The van der Waals surface area contributed by atoms with Crippen molar-refractivity contribution < 1.29 is 4.79 Å². The summed E-state index contributed by atoms with van der Waals surface area (Å²) >= 11 is 0. The Balaban J connectivity index is 1.94. The van der Waals surface area contributed by atoms with Gasteiger partial charge in [-0.15, -0.1) is 0 Å². The maximum atomic E-state index is 11.8. The van der Waals surface area contributed by atoms with E-state index in [2.05, 4.69) is 16.5 Å². The third kappa shape index (κ3) is 2.54. The molecule has 1 amide bonds. The second kappa shape index (κ2) is 5.88. The first-order chi connectivity index (χ1) is 12.1. The molecule has 1 aromatic carbocycles. The molecule has 0 saturated heterocycles. The van der Waals surface area contributed by atoms with Crippen LogP contribution in [0.3, 0.4) is 0 Å². The maximum Gasteiger partial charge on any atom is 0.248 e. The molecule has 3 aromatic rings. The van der Waals surface area contributed by atoms with Gasteiger partial charge in [-0.05, 0) is 5.39 Å². The van der Waals surface area contributed by atoms with Crippen molar-refractivity contribution in [3.8, 4) is 11.3 Å². The fourth-order valence-corrected chi connectivity index (χ4v) is 3.60. The van der Waals surface area contributed by atoms with Gasteiger partial charge in [-0.25, -0.2) is 4.98 Å². The molecule has 2 aromatic heterocycles. The number of pyridine rings is 1. The minimum absolute atomic E-state index is 0.0821. The Morgan fingerprint density at radius 3 is 2.92 bits per heavy atom. The van der Waals surface area contributed by atoms with E-state index < -0.39 is 0 Å². The molecule has 3 heterocycles. The molecule has 128 valence electrons. The number of nitrogens with zero attached hydrogens (tertiary/aromatic N) is 3. The van der Waals surface area contributed by atoms with Crippen LogP contribution in [0.2, 0.25) is 0 Å². The van der Waals surface area contributed by atoms with Crippen LogP contribution in [0.4, 0.5) is 0 Å². The van der Waals surface area contributed by atoms with Crippen molar-refractivity contribution in [3.63, 3.8) is 0 Å². The van der Waals surface area contributed by atoms with Crippen LogP contribution in [0.5, 0.6) is 0 Å². The third-order valence-corrected chi connectivity index (χ3v) is 4.89. The second-order valence-electron chi connectivity index (χ2n) is 6.37. The van der Waals surface area contributed by atoms with E-state index in [4.69, 9.17) is 4.98 Å². The van der Waals surface area contributed by atoms with Crippen molar-refractivity contribution in [2.45, 2.75) is 33.4 Å². The van der Waals surface area contributed by atoms with E-state index in [0.29, 0.717) is 13.1 Å². The molecular formula is C19H20N4O2. The summed E-state index contributed by atoms with van der Waals surface area (Å²) in [6.07, 6.45) is 2.59. The summed E-state index contributed by atoms with van der Waals surface area (Å²) in [5.74, 6) is 1.12. The van der Waals surface area contributed by atoms with Crippen molar-refractivity contribution in [2.75, 3.05) is 6.54 Å². The highest BCUT2D eigenvalue weighted by atomic mass is 16.2. The van der Waals surface area contributed by atoms with Crippen LogP contribution in [0.15, 0.2) is 35.3 Å². The smallest absolute Gasteiger partial charge is 0.248 e. The molecular weight excluding hydrogens is 316 g/mol. The minimum Gasteiger partial charge on any atom is -0.335 e. The fraction of sp³-hybridized carbons (Fsp3) is 0.316. The highest BCUT2D eigenvalue weighted by molar-refractivity contribution is 5.95. The number of aromatic nitrogens is 3. The lowest BCUT2D eigenvalue weighted by atomic mass is 10.0. The lowest BCUT2D eigenvalue weighted by Gasteiger charge is -2.28. The molecule has 1 aliphatic rings. The van der Waals surface area contributed by atoms with Crippen LogP contribution < -0.4 is 5.56 Å². The number of fused-ring (bicyclic) bond motifs is 2. The first kappa shape index (κ1) is 15.6. The van der Waals surface area contributed by atoms with Crippen LogP contribution >= 0.6 is 0 Å². The van der Waals surface area contributed by atoms with E-state index in [1.165, 1.54) is 0 Å². The molecule has 0 unspecified atom stereocenters. The van der Waals surface area contributed by atoms with Gasteiger partial charge in [-0.1, -0.05) is 25.1 Å². The molecule has 25 heavy (non-hydrogen) atoms. The SMILES string of the molecule is CCc1nc(-c2cccc3cc(=O)[nH]cc23)c2n1CCN(C(C)=O)C2. The molecule has 0 radical (unpaired) electrons. The Labute approximate surface area is 145 Å². The van der Waals surface area contributed by atoms with Crippen LogP contribution in [-0.2, 0) is 24.3 Å². The van der Waals surface area contributed by atoms with Crippen molar-refractivity contribution >= 4 is 16.7 Å². The number of aromatic amines is 1. The summed E-state index contributed by atoms with van der Waals surface area (Å²) in [7, 11) is 0. The largest absolute Gasteiger partial charge is 0.335 e. The van der Waals surface area contributed by atoms with Crippen molar-refractivity contribution in [1.82, 2.24) is 19.4 Å². The minimum atomic E-state index is -0.117. The van der Waals surface area contributed by atoms with Gasteiger partial charge in [-0.3, -0.25) is 9.59 Å². The van der Waals surface area contributed by atoms with E-state index in [9.17, 15) is 9.59 Å². The summed E-state index contributed by atoms with van der Waals surface area (Å²) in [6, 6.07) is 7.50. The number of nitrogens with one attached hydrogen (secondary N) is 1. The molecule has 0 saturated carbocycles. The van der Waals surface area contributed by atoms with Crippen LogP contribution in [-0.4, -0.2) is 31.9 Å². The monoisotopic (exact) mass is 336 g/mol. The van der Waals surface area contributed by atoms with Gasteiger partial charge < -0.3 is 14.5 Å². The number of imidazole rings is 1. The van der Waals surface area contributed by atoms with Crippen molar-refractivity contribution in [1.29, 1.82) is 0 Å². The van der Waals surface area contributed by atoms with Crippen molar-refractivity contribution in [3.05, 3.63) is 52.3 Å². The molecule has 0 fully saturated rings. The van der Waals surface area contributed by atoms with E-state index in [1.807, 2.05) is 23.1 Å². The molecule has 4 rings (SSSR count). The summed E-state index contributed by atoms with van der Waals surface area (Å²) in [5.41, 5.74) is 2.84. The zero-order valence-corrected chi connectivity index (χ0v) is 14.4. The number of rotatable bonds is 2. The Kier molecular flexibility index (Phi) is 3.67. The first-order valence-electron chi connectivity index (χ1n) is 8.54. The van der Waals surface area contributed by atoms with E-state index >= 15 is 0 Å². The Hall–Kier alpha value is -2.89. The number of carbonyl (C=O) groups excluding carboxylic acids is 1. The van der Waals surface area contributed by atoms with Crippen molar-refractivity contribution in [2.24, 2.45) is 0 Å². The average molecular weight is 336 g/mol. The van der Waals surface area contributed by atoms with Gasteiger partial charge in [0.05, 0.1) is 17.9 Å². The Bertz CT molecular complexity index is 1030. The van der Waals surface area contributed by atoms with Gasteiger partial charge in [0.1, 0.15) is 5.82 Å². The number of aryl methyl sites for hydroxylation is 1. The number of H-pyrrole nitrogens is 1. The van der Waals surface area contributed by atoms with Crippen LogP contribution in [0.1, 0.15) is 25.4 Å². The van der Waals surface area contributed by atoms with Gasteiger partial charge in [0, 0.05) is 49.6 Å². The van der Waals surface area contributed by atoms with Gasteiger partial charge >= 0.3 is 0 Å². The zero-order chi connectivity index (χ0) is 17.6. The molecule has 1 aliphatic heterocycles. The number of benzene rings is 1. The van der Waals surface area contributed by atoms with Gasteiger partial charge in [0.15, 0.2) is 0 Å². The van der Waals surface area contributed by atoms with E-state index in [-0.39, 0.29) is 11.5 Å². The lowest BCUT2D eigenvalue weighted by molar-refractivity contribution is -0.130. The predicted molar refractivity (Wildman–Crippen MR) is 96.3 cm³/mol. The second-order valence-corrected chi connectivity index (χ2v) is 6.37. The number of hydrogen-bond donors (Lipinski definition) is 1. The third-order valence-electron chi connectivity index (χ3n) is 4.89. The molecule has 0 aliphatic carbocycles. The Morgan fingerprint density at radius 1 is 1.32 bits per heavy atom. The molecule has 0 bridgehead atoms. The van der Waals surface area contributed by atoms with Gasteiger partial charge in [0.25, 0.3) is 0 Å².